The van der Waals surface area contributed by atoms with Gasteiger partial charge in [0.25, 0.3) is 0 Å². The summed E-state index contributed by atoms with van der Waals surface area (Å²) in [6.45, 7) is 6.22. The van der Waals surface area contributed by atoms with E-state index in [2.05, 4.69) is 122 Å². The second-order valence-electron chi connectivity index (χ2n) is 13.1. The molecule has 0 aliphatic carbocycles. The molecule has 0 atom stereocenters. The SMILES string of the molecule is Cc1ccccc1-n1c(-c2cccc(-c3nc4cccnc4n3-c3ccccc3C)c2)nc2cccnc21.Cc1nc2cccnc2n1-c1ccccc1. The van der Waals surface area contributed by atoms with Gasteiger partial charge in [-0.2, -0.15) is 0 Å². The van der Waals surface area contributed by atoms with Gasteiger partial charge in [0.1, 0.15) is 34.0 Å². The van der Waals surface area contributed by atoms with Crippen LogP contribution < -0.4 is 0 Å². The summed E-state index contributed by atoms with van der Waals surface area (Å²) in [5.74, 6) is 2.64. The second-order valence-corrected chi connectivity index (χ2v) is 13.1. The van der Waals surface area contributed by atoms with Crippen molar-refractivity contribution in [3.05, 3.63) is 175 Å². The van der Waals surface area contributed by atoms with Gasteiger partial charge >= 0.3 is 0 Å². The predicted octanol–water partition coefficient (Wildman–Crippen LogP) is 9.83. The Labute approximate surface area is 311 Å². The second kappa shape index (κ2) is 13.7. The molecule has 0 spiro atoms. The molecule has 6 heterocycles. The molecule has 0 aliphatic heterocycles. The molecule has 0 saturated heterocycles. The Morgan fingerprint density at radius 2 is 0.833 bits per heavy atom. The average Bonchev–Trinajstić information content (AvgIpc) is 3.90. The topological polar surface area (TPSA) is 92.1 Å². The number of benzene rings is 4. The molecule has 0 N–H and O–H groups in total. The van der Waals surface area contributed by atoms with Gasteiger partial charge in [0.2, 0.25) is 0 Å². The molecule has 0 aliphatic rings. The molecule has 260 valence electrons. The molecule has 0 saturated carbocycles. The largest absolute Gasteiger partial charge is 0.281 e. The Kier molecular flexibility index (Phi) is 8.28. The van der Waals surface area contributed by atoms with Gasteiger partial charge in [-0.1, -0.05) is 72.8 Å². The Hall–Kier alpha value is -7.26. The summed E-state index contributed by atoms with van der Waals surface area (Å²) in [6, 6.07) is 47.0. The van der Waals surface area contributed by atoms with E-state index in [1.165, 1.54) is 0 Å². The van der Waals surface area contributed by atoms with Crippen LogP contribution in [-0.2, 0) is 0 Å². The zero-order chi connectivity index (χ0) is 36.6. The van der Waals surface area contributed by atoms with Crippen molar-refractivity contribution in [1.82, 2.24) is 43.6 Å². The summed E-state index contributed by atoms with van der Waals surface area (Å²) in [7, 11) is 0. The lowest BCUT2D eigenvalue weighted by atomic mass is 10.1. The minimum Gasteiger partial charge on any atom is -0.281 e. The van der Waals surface area contributed by atoms with Crippen molar-refractivity contribution in [3.63, 3.8) is 0 Å². The van der Waals surface area contributed by atoms with Crippen LogP contribution in [0.1, 0.15) is 17.0 Å². The van der Waals surface area contributed by atoms with Gasteiger partial charge in [-0.05, 0) is 98.6 Å². The van der Waals surface area contributed by atoms with Gasteiger partial charge in [0, 0.05) is 35.4 Å². The van der Waals surface area contributed by atoms with Crippen molar-refractivity contribution in [1.29, 1.82) is 0 Å². The lowest BCUT2D eigenvalue weighted by Gasteiger charge is -2.14. The van der Waals surface area contributed by atoms with Gasteiger partial charge in [0.15, 0.2) is 16.9 Å². The third-order valence-electron chi connectivity index (χ3n) is 9.52. The van der Waals surface area contributed by atoms with Crippen molar-refractivity contribution < 1.29 is 0 Å². The summed E-state index contributed by atoms with van der Waals surface area (Å²) in [5, 5.41) is 0. The number of hydrogen-bond donors (Lipinski definition) is 0. The quantitative estimate of drug-likeness (QED) is 0.177. The van der Waals surface area contributed by atoms with E-state index in [1.54, 1.807) is 6.20 Å². The molecule has 0 bridgehead atoms. The smallest absolute Gasteiger partial charge is 0.164 e. The summed E-state index contributed by atoms with van der Waals surface area (Å²) in [4.78, 5) is 28.3. The minimum atomic E-state index is 0.832. The first-order chi connectivity index (χ1) is 26.5. The van der Waals surface area contributed by atoms with Gasteiger partial charge in [0.05, 0.1) is 11.4 Å². The molecular weight excluding hydrogens is 667 g/mol. The summed E-state index contributed by atoms with van der Waals surface area (Å²) in [6.07, 6.45) is 5.43. The minimum absolute atomic E-state index is 0.832. The van der Waals surface area contributed by atoms with Crippen LogP contribution in [0.5, 0.6) is 0 Å². The van der Waals surface area contributed by atoms with Crippen LogP contribution in [0.3, 0.4) is 0 Å². The van der Waals surface area contributed by atoms with Crippen LogP contribution in [-0.4, -0.2) is 43.6 Å². The summed E-state index contributed by atoms with van der Waals surface area (Å²) < 4.78 is 6.36. The Balaban J connectivity index is 0.000000200. The van der Waals surface area contributed by atoms with E-state index < -0.39 is 0 Å². The van der Waals surface area contributed by atoms with E-state index in [0.717, 1.165) is 90.3 Å². The maximum Gasteiger partial charge on any atom is 0.164 e. The fourth-order valence-corrected chi connectivity index (χ4v) is 7.01. The van der Waals surface area contributed by atoms with Crippen molar-refractivity contribution in [2.45, 2.75) is 20.8 Å². The highest BCUT2D eigenvalue weighted by Crippen LogP contribution is 2.34. The highest BCUT2D eigenvalue weighted by atomic mass is 15.2. The predicted molar refractivity (Wildman–Crippen MR) is 215 cm³/mol. The number of para-hydroxylation sites is 3. The lowest BCUT2D eigenvalue weighted by Crippen LogP contribution is -2.02. The van der Waals surface area contributed by atoms with E-state index in [0.29, 0.717) is 0 Å². The molecule has 10 rings (SSSR count). The first-order valence-corrected chi connectivity index (χ1v) is 17.8. The Morgan fingerprint density at radius 1 is 0.389 bits per heavy atom. The fraction of sp³-hybridized carbons (Fsp3) is 0.0667. The molecular formula is C45H35N9. The van der Waals surface area contributed by atoms with E-state index in [-0.39, 0.29) is 0 Å². The van der Waals surface area contributed by atoms with Crippen molar-refractivity contribution >= 4 is 33.5 Å². The molecule has 9 heteroatoms. The van der Waals surface area contributed by atoms with Crippen molar-refractivity contribution in [3.8, 4) is 39.8 Å². The number of aryl methyl sites for hydroxylation is 3. The standard InChI is InChI=1S/C32H24N6.C13H11N3/c1-21-10-3-5-16-27(21)37-29(35-25-14-8-18-33-31(25)37)23-12-7-13-24(20-23)30-36-26-15-9-19-34-32(26)38(30)28-17-6-4-11-22(28)2;1-10-15-12-8-5-9-14-13(12)16(10)11-6-3-2-4-7-11/h3-20H,1-2H3;2-9H,1H3. The number of hydrogen-bond acceptors (Lipinski definition) is 6. The Bertz CT molecular complexity index is 2800. The van der Waals surface area contributed by atoms with E-state index in [1.807, 2.05) is 73.9 Å². The van der Waals surface area contributed by atoms with E-state index in [4.69, 9.17) is 19.9 Å². The van der Waals surface area contributed by atoms with Gasteiger partial charge in [-0.25, -0.2) is 29.9 Å². The molecule has 0 amide bonds. The first kappa shape index (κ1) is 32.6. The molecule has 4 aromatic carbocycles. The van der Waals surface area contributed by atoms with Crippen LogP contribution >= 0.6 is 0 Å². The number of nitrogens with zero attached hydrogens (tertiary/aromatic N) is 9. The number of fused-ring (bicyclic) bond motifs is 3. The van der Waals surface area contributed by atoms with Gasteiger partial charge in [-0.3, -0.25) is 13.7 Å². The molecule has 0 radical (unpaired) electrons. The van der Waals surface area contributed by atoms with E-state index >= 15 is 0 Å². The van der Waals surface area contributed by atoms with Gasteiger partial charge in [-0.15, -0.1) is 0 Å². The first-order valence-electron chi connectivity index (χ1n) is 17.8. The normalized spacial score (nSPS) is 11.2. The zero-order valence-corrected chi connectivity index (χ0v) is 30.0. The number of pyridine rings is 3. The maximum absolute atomic E-state index is 5.03. The number of rotatable bonds is 5. The van der Waals surface area contributed by atoms with E-state index in [9.17, 15) is 0 Å². The van der Waals surface area contributed by atoms with Crippen molar-refractivity contribution in [2.75, 3.05) is 0 Å². The number of aromatic nitrogens is 9. The maximum atomic E-state index is 5.03. The molecule has 9 nitrogen and oxygen atoms in total. The van der Waals surface area contributed by atoms with Crippen LogP contribution in [0, 0.1) is 20.8 Å². The zero-order valence-electron chi connectivity index (χ0n) is 30.0. The molecule has 6 aromatic heterocycles. The Morgan fingerprint density at radius 3 is 1.33 bits per heavy atom. The molecule has 54 heavy (non-hydrogen) atoms. The van der Waals surface area contributed by atoms with Crippen LogP contribution in [0.4, 0.5) is 0 Å². The summed E-state index contributed by atoms with van der Waals surface area (Å²) in [5.41, 5.74) is 12.7. The van der Waals surface area contributed by atoms with Crippen LogP contribution in [0.25, 0.3) is 73.3 Å². The number of imidazole rings is 3. The molecule has 0 unspecified atom stereocenters. The summed E-state index contributed by atoms with van der Waals surface area (Å²) >= 11 is 0. The average molecular weight is 702 g/mol. The highest BCUT2D eigenvalue weighted by Gasteiger charge is 2.20. The molecule has 10 aromatic rings. The van der Waals surface area contributed by atoms with Crippen LogP contribution in [0.15, 0.2) is 158 Å². The molecule has 0 fully saturated rings. The monoisotopic (exact) mass is 701 g/mol. The lowest BCUT2D eigenvalue weighted by molar-refractivity contribution is 0.987. The third-order valence-corrected chi connectivity index (χ3v) is 9.52. The van der Waals surface area contributed by atoms with Crippen molar-refractivity contribution in [2.24, 2.45) is 0 Å². The highest BCUT2D eigenvalue weighted by molar-refractivity contribution is 5.84. The third kappa shape index (κ3) is 5.78. The van der Waals surface area contributed by atoms with Crippen LogP contribution in [0.2, 0.25) is 0 Å². The fourth-order valence-electron chi connectivity index (χ4n) is 7.01. The van der Waals surface area contributed by atoms with Gasteiger partial charge < -0.3 is 0 Å².